The van der Waals surface area contributed by atoms with Crippen LogP contribution in [0.25, 0.3) is 0 Å². The molecule has 20 atom stereocenters. The summed E-state index contributed by atoms with van der Waals surface area (Å²) in [6.07, 6.45) is -5.31. The maximum Gasteiger partial charge on any atom is 0.330 e. The average molecular weight is 1550 g/mol. The number of aromatic amines is 4. The van der Waals surface area contributed by atoms with E-state index in [1.165, 1.54) is 13.8 Å². The van der Waals surface area contributed by atoms with Crippen molar-refractivity contribution in [2.45, 2.75) is 177 Å². The zero-order valence-electron chi connectivity index (χ0n) is 63.8. The number of ether oxygens (including phenoxy) is 8. The number of halogens is 4. The fraction of sp³-hybridized carbons (Fsp3) is 0.562. The van der Waals surface area contributed by atoms with Gasteiger partial charge in [-0.25, -0.2) is 36.7 Å². The Hall–Kier alpha value is -10.1. The maximum absolute atomic E-state index is 15.5. The molecule has 4 aliphatic heterocycles. The summed E-state index contributed by atoms with van der Waals surface area (Å²) in [4.78, 5) is 149. The van der Waals surface area contributed by atoms with Gasteiger partial charge < -0.3 is 102 Å². The number of nitrogens with zero attached hydrogens (tertiary/aromatic N) is 4. The first-order valence-corrected chi connectivity index (χ1v) is 31.3. The Morgan fingerprint density at radius 1 is 0.435 bits per heavy atom. The minimum absolute atomic E-state index is 0.163. The van der Waals surface area contributed by atoms with Gasteiger partial charge >= 0.3 is 46.6 Å². The lowest BCUT2D eigenvalue weighted by atomic mass is 10.1. The molecule has 0 unspecified atom stereocenters. The Bertz CT molecular complexity index is 4980. The van der Waals surface area contributed by atoms with Crippen molar-refractivity contribution < 1.29 is 124 Å². The van der Waals surface area contributed by atoms with Crippen LogP contribution in [0.4, 0.5) is 17.6 Å². The fourth-order valence-electron chi connectivity index (χ4n) is 8.97. The molecule has 4 aromatic rings. The van der Waals surface area contributed by atoms with E-state index < -0.39 is 239 Å². The van der Waals surface area contributed by atoms with Crippen LogP contribution in [0.15, 0.2) is 63.1 Å². The molecule has 0 amide bonds. The normalized spacial score (nSPS) is 31.2. The molecule has 8 heterocycles. The van der Waals surface area contributed by atoms with Crippen molar-refractivity contribution in [3.05, 3.63) is 130 Å². The zero-order chi connectivity index (χ0) is 87.5. The molecule has 0 bridgehead atoms. The Balaban J connectivity index is 0.000000272. The van der Waals surface area contributed by atoms with Crippen molar-refractivity contribution in [3.63, 3.8) is 0 Å². The summed E-state index contributed by atoms with van der Waals surface area (Å²) in [5.41, 5.74) is 12.1. The number of alkyl halides is 4. The molecule has 0 saturated carbocycles. The van der Waals surface area contributed by atoms with E-state index in [0.717, 1.165) is 12.4 Å². The van der Waals surface area contributed by atoms with Crippen LogP contribution in [-0.4, -0.2) is 226 Å². The van der Waals surface area contributed by atoms with Crippen LogP contribution in [0.2, 0.25) is 0 Å². The van der Waals surface area contributed by atoms with Gasteiger partial charge in [0.05, 0.1) is 8.22 Å². The number of terminal acetylenes is 4. The van der Waals surface area contributed by atoms with Crippen molar-refractivity contribution in [3.8, 4) is 49.4 Å². The van der Waals surface area contributed by atoms with Crippen molar-refractivity contribution >= 4 is 23.9 Å². The number of carbonyl (C=O) groups excluding carboxylic acids is 4. The molecule has 4 aliphatic rings. The van der Waals surface area contributed by atoms with Crippen LogP contribution in [0.1, 0.15) is 111 Å². The molecule has 20 N–H and O–H groups in total. The highest BCUT2D eigenvalue weighted by Crippen LogP contribution is 2.42. The standard InChI is InChI=1S/4C16H20FN3O7/c4*1-4-8-5-20(15(25)19-12(8)23)13-10(21)11(22)16(17,27-13)6-26-14(24)9(18)7(2)3/h4*1,5,7,9-11,13,21-22H,6,18H2,2-3H3,(H,19,23,25)/t4*9-,10+,11-,13+,16+/m0000/s1/i6D2,13D;13D;6D2;. The van der Waals surface area contributed by atoms with Crippen LogP contribution < -0.4 is 67.9 Å². The lowest BCUT2D eigenvalue weighted by Crippen LogP contribution is -2.46. The van der Waals surface area contributed by atoms with Gasteiger partial charge in [0.1, 0.15) is 95.3 Å². The third-order valence-electron chi connectivity index (χ3n) is 15.9. The topological polar surface area (TPSA) is 627 Å². The second-order valence-corrected chi connectivity index (χ2v) is 25.1. The number of aliphatic hydroxyl groups excluding tert-OH is 8. The van der Waals surface area contributed by atoms with Gasteiger partial charge in [-0.3, -0.25) is 76.6 Å². The Labute approximate surface area is 613 Å². The second-order valence-electron chi connectivity index (χ2n) is 25.1. The second kappa shape index (κ2) is 35.8. The van der Waals surface area contributed by atoms with Gasteiger partial charge in [-0.15, -0.1) is 25.7 Å². The number of aliphatic hydroxyl groups is 8. The highest BCUT2D eigenvalue weighted by Gasteiger charge is 2.61. The Morgan fingerprint density at radius 3 is 0.954 bits per heavy atom. The molecule has 592 valence electrons. The molecule has 0 radical (unpaired) electrons. The monoisotopic (exact) mass is 1550 g/mol. The predicted octanol–water partition coefficient (Wildman–Crippen LogP) is -8.16. The summed E-state index contributed by atoms with van der Waals surface area (Å²) in [6, 6.07) is -4.75. The van der Waals surface area contributed by atoms with E-state index in [1.807, 2.05) is 33.6 Å². The van der Waals surface area contributed by atoms with Crippen molar-refractivity contribution in [1.29, 1.82) is 0 Å². The summed E-state index contributed by atoms with van der Waals surface area (Å²) in [6.45, 7) is 3.05. The van der Waals surface area contributed by atoms with Crippen LogP contribution >= 0.6 is 0 Å². The number of nitrogens with one attached hydrogen (secondary N) is 4. The number of hydrogen-bond acceptors (Lipinski definition) is 32. The molecule has 108 heavy (non-hydrogen) atoms. The van der Waals surface area contributed by atoms with E-state index in [9.17, 15) is 103 Å². The fourth-order valence-corrected chi connectivity index (χ4v) is 8.97. The number of carbonyl (C=O) groups is 4. The van der Waals surface area contributed by atoms with Crippen LogP contribution in [0.5, 0.6) is 0 Å². The highest BCUT2D eigenvalue weighted by atomic mass is 19.2. The van der Waals surface area contributed by atoms with Crippen LogP contribution in [0, 0.1) is 73.0 Å². The molecule has 0 spiro atoms. The van der Waals surface area contributed by atoms with Gasteiger partial charge in [0.25, 0.3) is 45.7 Å². The van der Waals surface area contributed by atoms with Gasteiger partial charge in [0, 0.05) is 24.8 Å². The van der Waals surface area contributed by atoms with Crippen LogP contribution in [-0.2, 0) is 57.1 Å². The van der Waals surface area contributed by atoms with Gasteiger partial charge in [0.15, 0.2) is 51.2 Å². The van der Waals surface area contributed by atoms with Gasteiger partial charge in [-0.1, -0.05) is 79.1 Å². The third-order valence-corrected chi connectivity index (χ3v) is 15.9. The molecule has 8 rings (SSSR count). The summed E-state index contributed by atoms with van der Waals surface area (Å²) in [7, 11) is 0. The average Bonchev–Trinajstić information content (AvgIpc) is 1.56. The molecule has 4 aromatic heterocycles. The SMILES string of the molecule is C#Cc1cn([C@@H]2O[C@](F)(COC(=O)[C@@H](N)C(C)C)[C@@H](O)[C@H]2O)c(=O)[nH]c1=O.[2H]C([2H])(OC(=O)[C@@H](N)C(C)C)[C@@]1(F)O[C@@H](n2cc(C#C)c(=O)[nH]c2=O)[C@H](O)[C@@H]1O.[2H]C([2H])(OC(=O)[C@@H](N)C(C)C)[C@@]1(F)O[C@@]([2H])(n2cc(C#C)c(=O)[nH]c2=O)[C@H](O)[C@@H]1O.[2H][C@@]1(n2cc(C#C)c(=O)[nH]c2=O)O[C@](F)(COC(=O)[C@@H](N)C(C)C)[C@@H](O)[C@H]1O. The van der Waals surface area contributed by atoms with E-state index in [1.54, 1.807) is 51.5 Å². The molecule has 0 aromatic carbocycles. The van der Waals surface area contributed by atoms with Gasteiger partial charge in [-0.05, 0) is 23.7 Å². The Kier molecular flexibility index (Phi) is 26.1. The van der Waals surface area contributed by atoms with E-state index in [2.05, 4.69) is 14.2 Å². The summed E-state index contributed by atoms with van der Waals surface area (Å²) in [5.74, 6) is -12.4. The maximum atomic E-state index is 15.5. The molecule has 4 fully saturated rings. The quantitative estimate of drug-likeness (QED) is 0.0169. The van der Waals surface area contributed by atoms with Gasteiger partial charge in [0.2, 0.25) is 0 Å². The van der Waals surface area contributed by atoms with Crippen molar-refractivity contribution in [2.75, 3.05) is 26.3 Å². The molecule has 40 nitrogen and oxygen atoms in total. The predicted molar refractivity (Wildman–Crippen MR) is 356 cm³/mol. The summed E-state index contributed by atoms with van der Waals surface area (Å²) in [5, 5.41) is 80.8. The first-order chi connectivity index (χ1) is 52.3. The van der Waals surface area contributed by atoms with E-state index in [4.69, 9.17) is 80.5 Å². The van der Waals surface area contributed by atoms with E-state index >= 15 is 13.2 Å². The lowest BCUT2D eigenvalue weighted by Gasteiger charge is -2.24. The smallest absolute Gasteiger partial charge is 0.330 e. The molecule has 44 heteroatoms. The third kappa shape index (κ3) is 19.6. The summed E-state index contributed by atoms with van der Waals surface area (Å²) < 4.78 is 147. The Morgan fingerprint density at radius 2 is 0.657 bits per heavy atom. The summed E-state index contributed by atoms with van der Waals surface area (Å²) >= 11 is 0. The van der Waals surface area contributed by atoms with Crippen LogP contribution in [0.3, 0.4) is 0 Å². The molecular formula is C64H80F4N12O28. The molecule has 0 aliphatic carbocycles. The number of esters is 4. The minimum Gasteiger partial charge on any atom is -0.458 e. The first kappa shape index (κ1) is 79.0. The lowest BCUT2D eigenvalue weighted by molar-refractivity contribution is -0.217. The van der Waals surface area contributed by atoms with E-state index in [-0.39, 0.29) is 27.5 Å². The van der Waals surface area contributed by atoms with Gasteiger partial charge in [-0.2, -0.15) is 0 Å². The number of aromatic nitrogens is 8. The largest absolute Gasteiger partial charge is 0.458 e. The molecular weight excluding hydrogens is 1460 g/mol. The number of hydrogen-bond donors (Lipinski definition) is 16. The number of nitrogens with two attached hydrogens (primary N) is 4. The first-order valence-electron chi connectivity index (χ1n) is 34.3. The van der Waals surface area contributed by atoms with Crippen molar-refractivity contribution in [2.24, 2.45) is 46.6 Å². The minimum atomic E-state index is -4.01. The highest BCUT2D eigenvalue weighted by molar-refractivity contribution is 5.77. The number of H-pyrrole nitrogens is 4. The molecule has 4 saturated heterocycles. The van der Waals surface area contributed by atoms with E-state index in [0.29, 0.717) is 26.1 Å². The number of rotatable bonds is 20. The zero-order valence-corrected chi connectivity index (χ0v) is 57.8. The van der Waals surface area contributed by atoms with Crippen molar-refractivity contribution in [1.82, 2.24) is 38.2 Å².